The van der Waals surface area contributed by atoms with E-state index in [4.69, 9.17) is 0 Å². The molecule has 3 aromatic rings. The van der Waals surface area contributed by atoms with Crippen LogP contribution >= 0.6 is 0 Å². The van der Waals surface area contributed by atoms with Crippen molar-refractivity contribution in [2.24, 2.45) is 0 Å². The second-order valence-electron chi connectivity index (χ2n) is 6.17. The highest BCUT2D eigenvalue weighted by atomic mass is 19.4. The van der Waals surface area contributed by atoms with Crippen LogP contribution in [0.2, 0.25) is 0 Å². The minimum absolute atomic E-state index is 0.479. The van der Waals surface area contributed by atoms with Crippen LogP contribution in [0.1, 0.15) is 28.3 Å². The summed E-state index contributed by atoms with van der Waals surface area (Å²) in [5.74, 6) is 0.491. The molecule has 0 aliphatic carbocycles. The molecule has 1 aliphatic rings. The van der Waals surface area contributed by atoms with Crippen LogP contribution in [0, 0.1) is 6.92 Å². The molecule has 132 valence electrons. The molecule has 1 aliphatic heterocycles. The Labute approximate surface area is 148 Å². The van der Waals surface area contributed by atoms with Crippen molar-refractivity contribution in [2.45, 2.75) is 19.1 Å². The van der Waals surface area contributed by atoms with Gasteiger partial charge in [-0.05, 0) is 36.3 Å². The highest BCUT2D eigenvalue weighted by molar-refractivity contribution is 5.77. The Morgan fingerprint density at radius 2 is 1.85 bits per heavy atom. The number of aryl methyl sites for hydroxylation is 1. The summed E-state index contributed by atoms with van der Waals surface area (Å²) in [5.41, 5.74) is 2.66. The monoisotopic (exact) mass is 356 g/mol. The zero-order valence-electron chi connectivity index (χ0n) is 13.8. The summed E-state index contributed by atoms with van der Waals surface area (Å²) in [6.45, 7) is 1.99. The number of allylic oxidation sites excluding steroid dienone is 1. The number of aromatic nitrogens is 3. The normalized spacial score (nSPS) is 16.6. The Hall–Kier alpha value is -3.09. The van der Waals surface area contributed by atoms with E-state index >= 15 is 0 Å². The molecule has 2 aromatic carbocycles. The molecule has 1 atom stereocenters. The molecule has 0 radical (unpaired) electrons. The van der Waals surface area contributed by atoms with Crippen molar-refractivity contribution in [1.29, 1.82) is 0 Å². The van der Waals surface area contributed by atoms with Crippen LogP contribution in [0.4, 0.5) is 19.1 Å². The Bertz CT molecular complexity index is 971. The molecule has 0 spiro atoms. The Balaban J connectivity index is 1.80. The quantitative estimate of drug-likeness (QED) is 0.726. The molecule has 7 heteroatoms. The van der Waals surface area contributed by atoms with Crippen molar-refractivity contribution in [3.05, 3.63) is 83.2 Å². The number of rotatable bonds is 2. The van der Waals surface area contributed by atoms with E-state index in [1.165, 1.54) is 12.4 Å². The van der Waals surface area contributed by atoms with Gasteiger partial charge in [-0.1, -0.05) is 42.0 Å². The van der Waals surface area contributed by atoms with E-state index in [9.17, 15) is 13.2 Å². The number of nitrogens with zero attached hydrogens (tertiary/aromatic N) is 3. The third-order valence-corrected chi connectivity index (χ3v) is 4.33. The topological polar surface area (TPSA) is 42.7 Å². The van der Waals surface area contributed by atoms with Gasteiger partial charge in [0, 0.05) is 5.70 Å². The predicted molar refractivity (Wildman–Crippen MR) is 92.4 cm³/mol. The number of nitrogens with one attached hydrogen (secondary N) is 1. The zero-order chi connectivity index (χ0) is 18.3. The average Bonchev–Trinajstić information content (AvgIpc) is 3.09. The van der Waals surface area contributed by atoms with E-state index in [1.807, 2.05) is 37.3 Å². The molecular weight excluding hydrogens is 341 g/mol. The smallest absolute Gasteiger partial charge is 0.324 e. The van der Waals surface area contributed by atoms with Crippen molar-refractivity contribution in [2.75, 3.05) is 5.32 Å². The van der Waals surface area contributed by atoms with Gasteiger partial charge in [-0.25, -0.2) is 4.68 Å². The van der Waals surface area contributed by atoms with Gasteiger partial charge >= 0.3 is 6.18 Å². The molecule has 4 rings (SSSR count). The largest absolute Gasteiger partial charge is 0.416 e. The minimum atomic E-state index is -4.39. The van der Waals surface area contributed by atoms with Crippen molar-refractivity contribution >= 4 is 11.6 Å². The van der Waals surface area contributed by atoms with Crippen molar-refractivity contribution < 1.29 is 13.2 Å². The van der Waals surface area contributed by atoms with E-state index in [-0.39, 0.29) is 0 Å². The molecule has 0 amide bonds. The molecule has 0 fully saturated rings. The van der Waals surface area contributed by atoms with Crippen molar-refractivity contribution in [1.82, 2.24) is 14.8 Å². The fourth-order valence-electron chi connectivity index (χ4n) is 2.97. The lowest BCUT2D eigenvalue weighted by Crippen LogP contribution is -2.20. The lowest BCUT2D eigenvalue weighted by molar-refractivity contribution is -0.137. The second kappa shape index (κ2) is 6.01. The summed E-state index contributed by atoms with van der Waals surface area (Å²) in [6, 6.07) is 12.7. The molecule has 4 nitrogen and oxygen atoms in total. The molecular formula is C19H15F3N4. The van der Waals surface area contributed by atoms with Crippen LogP contribution in [-0.4, -0.2) is 14.8 Å². The van der Waals surface area contributed by atoms with Gasteiger partial charge in [0.2, 0.25) is 5.95 Å². The molecule has 1 N–H and O–H groups in total. The number of anilines is 1. The minimum Gasteiger partial charge on any atom is -0.324 e. The van der Waals surface area contributed by atoms with Gasteiger partial charge < -0.3 is 5.32 Å². The van der Waals surface area contributed by atoms with Gasteiger partial charge in [0.25, 0.3) is 0 Å². The van der Waals surface area contributed by atoms with E-state index in [0.29, 0.717) is 11.5 Å². The van der Waals surface area contributed by atoms with Gasteiger partial charge in [-0.2, -0.15) is 23.3 Å². The van der Waals surface area contributed by atoms with Crippen LogP contribution in [0.5, 0.6) is 0 Å². The molecule has 0 saturated carbocycles. The first-order chi connectivity index (χ1) is 12.4. The number of hydrogen-bond acceptors (Lipinski definition) is 3. The highest BCUT2D eigenvalue weighted by Gasteiger charge is 2.32. The maximum absolute atomic E-state index is 13.1. The van der Waals surface area contributed by atoms with Crippen LogP contribution in [0.15, 0.2) is 60.9 Å². The lowest BCUT2D eigenvalue weighted by atomic mass is 9.99. The highest BCUT2D eigenvalue weighted by Crippen LogP contribution is 2.35. The molecule has 0 saturated heterocycles. The Morgan fingerprint density at radius 3 is 2.58 bits per heavy atom. The number of alkyl halides is 3. The maximum Gasteiger partial charge on any atom is 0.416 e. The van der Waals surface area contributed by atoms with Crippen molar-refractivity contribution in [3.63, 3.8) is 0 Å². The fraction of sp³-hybridized carbons (Fsp3) is 0.158. The summed E-state index contributed by atoms with van der Waals surface area (Å²) < 4.78 is 40.8. The Kier molecular flexibility index (Phi) is 3.79. The first kappa shape index (κ1) is 16.4. The summed E-state index contributed by atoms with van der Waals surface area (Å²) in [6.07, 6.45) is -1.14. The van der Waals surface area contributed by atoms with E-state index in [1.54, 1.807) is 10.7 Å². The zero-order valence-corrected chi connectivity index (χ0v) is 13.8. The average molecular weight is 356 g/mol. The number of halogens is 3. The summed E-state index contributed by atoms with van der Waals surface area (Å²) in [7, 11) is 0. The van der Waals surface area contributed by atoms with Gasteiger partial charge in [-0.3, -0.25) is 0 Å². The molecule has 1 unspecified atom stereocenters. The molecule has 2 heterocycles. The first-order valence-corrected chi connectivity index (χ1v) is 8.04. The van der Waals surface area contributed by atoms with Crippen molar-refractivity contribution in [3.8, 4) is 0 Å². The molecule has 0 bridgehead atoms. The van der Waals surface area contributed by atoms with Crippen LogP contribution in [-0.2, 0) is 6.18 Å². The SMILES string of the molecule is Cc1ccc(C2=CC(c3cccc(C(F)(F)F)c3)n3ncnc3N2)cc1. The summed E-state index contributed by atoms with van der Waals surface area (Å²) in [4.78, 5) is 4.17. The van der Waals surface area contributed by atoms with E-state index in [2.05, 4.69) is 15.4 Å². The van der Waals surface area contributed by atoms with Gasteiger partial charge in [0.15, 0.2) is 0 Å². The van der Waals surface area contributed by atoms with Gasteiger partial charge in [0.1, 0.15) is 12.4 Å². The number of fused-ring (bicyclic) bond motifs is 1. The van der Waals surface area contributed by atoms with Gasteiger partial charge in [0.05, 0.1) is 5.56 Å². The van der Waals surface area contributed by atoms with E-state index < -0.39 is 17.8 Å². The second-order valence-corrected chi connectivity index (χ2v) is 6.17. The standard InChI is InChI=1S/C19H15F3N4/c1-12-5-7-13(8-6-12)16-10-17(26-18(25-16)23-11-24-26)14-3-2-4-15(9-14)19(20,21)22/h2-11,17H,1H3,(H,23,24,25). The lowest BCUT2D eigenvalue weighted by Gasteiger charge is -2.25. The molecule has 26 heavy (non-hydrogen) atoms. The first-order valence-electron chi connectivity index (χ1n) is 8.04. The van der Waals surface area contributed by atoms with Crippen LogP contribution in [0.25, 0.3) is 5.70 Å². The number of benzene rings is 2. The van der Waals surface area contributed by atoms with Crippen LogP contribution in [0.3, 0.4) is 0 Å². The molecule has 1 aromatic heterocycles. The third kappa shape index (κ3) is 2.96. The number of hydrogen-bond donors (Lipinski definition) is 1. The van der Waals surface area contributed by atoms with Crippen LogP contribution < -0.4 is 5.32 Å². The predicted octanol–water partition coefficient (Wildman–Crippen LogP) is 4.66. The summed E-state index contributed by atoms with van der Waals surface area (Å²) in [5, 5.41) is 7.35. The fourth-order valence-corrected chi connectivity index (χ4v) is 2.97. The van der Waals surface area contributed by atoms with Gasteiger partial charge in [-0.15, -0.1) is 0 Å². The maximum atomic E-state index is 13.1. The third-order valence-electron chi connectivity index (χ3n) is 4.33. The van der Waals surface area contributed by atoms with E-state index in [0.717, 1.165) is 29.0 Å². The summed E-state index contributed by atoms with van der Waals surface area (Å²) >= 11 is 0. The Morgan fingerprint density at radius 1 is 1.08 bits per heavy atom.